The molecule has 4 atom stereocenters. The SMILES string of the molecule is CCCN(Cc1ncc(-c2ccc3cc(-c4ccc(-c5cnc([C@@H]6C[C@H](OC(F)F)CN6C(=O)[C@@H](NC(=O)OC)C(C)C)[nH]5)cc4)ccc3c2)[nH]1)C(=O)C(NC(=O)OC)c1ccccc1. The van der Waals surface area contributed by atoms with Crippen LogP contribution in [0.4, 0.5) is 18.4 Å². The van der Waals surface area contributed by atoms with Gasteiger partial charge in [-0.25, -0.2) is 19.6 Å². The van der Waals surface area contributed by atoms with Crippen molar-refractivity contribution < 1.29 is 42.2 Å². The van der Waals surface area contributed by atoms with E-state index in [-0.39, 0.29) is 31.3 Å². The molecular weight excluding hydrogens is 839 g/mol. The first-order chi connectivity index (χ1) is 31.3. The van der Waals surface area contributed by atoms with Crippen LogP contribution in [0.1, 0.15) is 62.9 Å². The average molecular weight is 891 g/mol. The smallest absolute Gasteiger partial charge is 0.407 e. The number of methoxy groups -OCH3 is 2. The second-order valence-corrected chi connectivity index (χ2v) is 16.1. The minimum atomic E-state index is -3.01. The highest BCUT2D eigenvalue weighted by atomic mass is 19.3. The minimum Gasteiger partial charge on any atom is -0.453 e. The molecule has 2 aromatic heterocycles. The summed E-state index contributed by atoms with van der Waals surface area (Å²) in [5.74, 6) is -0.0278. The number of ether oxygens (including phenoxy) is 3. The van der Waals surface area contributed by atoms with Gasteiger partial charge in [0.1, 0.15) is 23.7 Å². The molecule has 1 fully saturated rings. The van der Waals surface area contributed by atoms with Crippen molar-refractivity contribution in [2.75, 3.05) is 27.3 Å². The Morgan fingerprint density at radius 1 is 0.800 bits per heavy atom. The second-order valence-electron chi connectivity index (χ2n) is 16.1. The Balaban J connectivity index is 1.04. The number of carbonyl (C=O) groups excluding carboxylic acids is 4. The number of nitrogens with zero attached hydrogens (tertiary/aromatic N) is 4. The van der Waals surface area contributed by atoms with Crippen molar-refractivity contribution in [3.8, 4) is 33.6 Å². The summed E-state index contributed by atoms with van der Waals surface area (Å²) in [6.07, 6.45) is 1.78. The van der Waals surface area contributed by atoms with E-state index in [2.05, 4.69) is 54.8 Å². The third kappa shape index (κ3) is 10.8. The number of halogens is 2. The van der Waals surface area contributed by atoms with Gasteiger partial charge in [-0.15, -0.1) is 0 Å². The quantitative estimate of drug-likeness (QED) is 0.0742. The molecule has 15 nitrogen and oxygen atoms in total. The first-order valence-corrected chi connectivity index (χ1v) is 21.4. The maximum atomic E-state index is 13.9. The zero-order valence-corrected chi connectivity index (χ0v) is 36.7. The van der Waals surface area contributed by atoms with Crippen LogP contribution in [0.2, 0.25) is 0 Å². The summed E-state index contributed by atoms with van der Waals surface area (Å²) in [6, 6.07) is 26.8. The number of amides is 4. The number of aromatic nitrogens is 4. The fourth-order valence-electron chi connectivity index (χ4n) is 8.11. The number of nitrogens with one attached hydrogen (secondary N) is 4. The van der Waals surface area contributed by atoms with Crippen LogP contribution in [0.3, 0.4) is 0 Å². The number of fused-ring (bicyclic) bond motifs is 1. The maximum absolute atomic E-state index is 13.9. The van der Waals surface area contributed by atoms with Crippen LogP contribution in [0.25, 0.3) is 44.4 Å². The Morgan fingerprint density at radius 3 is 2.08 bits per heavy atom. The van der Waals surface area contributed by atoms with Crippen molar-refractivity contribution in [2.24, 2.45) is 5.92 Å². The average Bonchev–Trinajstić information content (AvgIpc) is 4.10. The lowest BCUT2D eigenvalue weighted by Gasteiger charge is -2.29. The number of H-pyrrole nitrogens is 2. The largest absolute Gasteiger partial charge is 0.453 e. The number of imidazole rings is 2. The van der Waals surface area contributed by atoms with Crippen LogP contribution in [-0.2, 0) is 30.3 Å². The van der Waals surface area contributed by atoms with Crippen molar-refractivity contribution >= 4 is 34.8 Å². The highest BCUT2D eigenvalue weighted by molar-refractivity contribution is 5.91. The Labute approximate surface area is 374 Å². The summed E-state index contributed by atoms with van der Waals surface area (Å²) in [6.45, 7) is 3.08. The normalized spacial score (nSPS) is 15.8. The first kappa shape index (κ1) is 45.9. The molecule has 1 aliphatic heterocycles. The van der Waals surface area contributed by atoms with E-state index in [1.807, 2.05) is 61.5 Å². The molecule has 17 heteroatoms. The van der Waals surface area contributed by atoms with Crippen LogP contribution in [0.5, 0.6) is 0 Å². The highest BCUT2D eigenvalue weighted by Crippen LogP contribution is 2.36. The fourth-order valence-corrected chi connectivity index (χ4v) is 8.11. The third-order valence-corrected chi connectivity index (χ3v) is 11.4. The predicted octanol–water partition coefficient (Wildman–Crippen LogP) is 8.38. The summed E-state index contributed by atoms with van der Waals surface area (Å²) in [4.78, 5) is 70.8. The Hall–Kier alpha value is -7.14. The van der Waals surface area contributed by atoms with Gasteiger partial charge in [0.05, 0.1) is 56.7 Å². The zero-order valence-electron chi connectivity index (χ0n) is 36.7. The molecule has 7 rings (SSSR count). The summed E-state index contributed by atoms with van der Waals surface area (Å²) >= 11 is 0. The molecule has 0 bridgehead atoms. The Bertz CT molecular complexity index is 2600. The lowest BCUT2D eigenvalue weighted by atomic mass is 9.98. The van der Waals surface area contributed by atoms with E-state index in [0.29, 0.717) is 35.9 Å². The molecule has 0 radical (unpaired) electrons. The van der Waals surface area contributed by atoms with Crippen molar-refractivity contribution in [2.45, 2.75) is 71.0 Å². The van der Waals surface area contributed by atoms with Gasteiger partial charge in [0, 0.05) is 25.1 Å². The fraction of sp³-hybridized carbons (Fsp3) is 0.333. The van der Waals surface area contributed by atoms with Crippen LogP contribution in [-0.4, -0.2) is 99.8 Å². The molecule has 4 aromatic carbocycles. The molecule has 4 N–H and O–H groups in total. The van der Waals surface area contributed by atoms with Gasteiger partial charge in [0.15, 0.2) is 0 Å². The third-order valence-electron chi connectivity index (χ3n) is 11.4. The van der Waals surface area contributed by atoms with Crippen LogP contribution in [0.15, 0.2) is 103 Å². The lowest BCUT2D eigenvalue weighted by molar-refractivity contribution is -0.160. The molecule has 0 spiro atoms. The van der Waals surface area contributed by atoms with Gasteiger partial charge in [-0.2, -0.15) is 8.78 Å². The molecular formula is C48H52F2N8O7. The van der Waals surface area contributed by atoms with E-state index >= 15 is 0 Å². The second kappa shape index (κ2) is 20.6. The number of hydrogen-bond donors (Lipinski definition) is 4. The minimum absolute atomic E-state index is 0.0895. The van der Waals surface area contributed by atoms with Crippen molar-refractivity contribution in [1.29, 1.82) is 0 Å². The summed E-state index contributed by atoms with van der Waals surface area (Å²) < 4.78 is 41.0. The molecule has 0 aliphatic carbocycles. The highest BCUT2D eigenvalue weighted by Gasteiger charge is 2.43. The van der Waals surface area contributed by atoms with Crippen molar-refractivity contribution in [1.82, 2.24) is 40.4 Å². The van der Waals surface area contributed by atoms with Crippen molar-refractivity contribution in [3.05, 3.63) is 121 Å². The summed E-state index contributed by atoms with van der Waals surface area (Å²) in [5, 5.41) is 7.30. The monoisotopic (exact) mass is 890 g/mol. The molecule has 4 amide bonds. The number of aromatic amines is 2. The zero-order chi connectivity index (χ0) is 46.2. The van der Waals surface area contributed by atoms with E-state index in [4.69, 9.17) is 14.2 Å². The number of likely N-dealkylation sites (tertiary alicyclic amines) is 1. The number of carbonyl (C=O) groups is 4. The molecule has 0 saturated carbocycles. The number of rotatable bonds is 16. The molecule has 65 heavy (non-hydrogen) atoms. The van der Waals surface area contributed by atoms with Crippen LogP contribution < -0.4 is 10.6 Å². The molecule has 340 valence electrons. The topological polar surface area (TPSA) is 184 Å². The molecule has 1 unspecified atom stereocenters. The van der Waals surface area contributed by atoms with E-state index < -0.39 is 48.9 Å². The van der Waals surface area contributed by atoms with Crippen LogP contribution in [0, 0.1) is 5.92 Å². The summed E-state index contributed by atoms with van der Waals surface area (Å²) in [5.41, 5.74) is 5.86. The number of alkyl halides is 2. The van der Waals surface area contributed by atoms with Crippen LogP contribution >= 0.6 is 0 Å². The summed E-state index contributed by atoms with van der Waals surface area (Å²) in [7, 11) is 2.46. The molecule has 1 aliphatic rings. The molecule has 3 heterocycles. The van der Waals surface area contributed by atoms with Gasteiger partial charge in [-0.3, -0.25) is 9.59 Å². The van der Waals surface area contributed by atoms with Gasteiger partial charge in [0.2, 0.25) is 11.8 Å². The van der Waals surface area contributed by atoms with Gasteiger partial charge in [-0.05, 0) is 57.5 Å². The number of alkyl carbamates (subject to hydrolysis) is 2. The maximum Gasteiger partial charge on any atom is 0.407 e. The van der Waals surface area contributed by atoms with E-state index in [1.165, 1.54) is 19.1 Å². The molecule has 1 saturated heterocycles. The van der Waals surface area contributed by atoms with E-state index in [9.17, 15) is 28.0 Å². The Morgan fingerprint density at radius 2 is 1.42 bits per heavy atom. The van der Waals surface area contributed by atoms with Gasteiger partial charge >= 0.3 is 18.8 Å². The standard InChI is InChI=1S/C48H52F2N8O7/c1-6-20-57(44(59)42(56-48(62)64-5)31-10-8-7-9-11-31)27-40-51-24-38(53-40)35-19-18-33-21-32(16-17-34(33)22-35)29-12-14-30(15-13-29)37-25-52-43(54-37)39-23-36(65-46(49)50)26-58(39)45(60)41(28(2)3)55-47(61)63-4/h7-19,21-22,24-25,28,36,39,41-42,46H,6,20,23,26-27H2,1-5H3,(H,51,53)(H,52,54)(H,55,61)(H,56,62)/t36-,39-,41-,42?/m0/s1. The predicted molar refractivity (Wildman–Crippen MR) is 239 cm³/mol. The van der Waals surface area contributed by atoms with Gasteiger partial charge < -0.3 is 44.6 Å². The van der Waals surface area contributed by atoms with E-state index in [0.717, 1.165) is 38.7 Å². The van der Waals surface area contributed by atoms with E-state index in [1.54, 1.807) is 43.3 Å². The Kier molecular flexibility index (Phi) is 14.5. The first-order valence-electron chi connectivity index (χ1n) is 21.4. The lowest BCUT2D eigenvalue weighted by Crippen LogP contribution is -2.51. The van der Waals surface area contributed by atoms with Gasteiger partial charge in [0.25, 0.3) is 0 Å². The molecule has 6 aromatic rings. The number of hydrogen-bond acceptors (Lipinski definition) is 9. The van der Waals surface area contributed by atoms with Gasteiger partial charge in [-0.1, -0.05) is 99.6 Å². The number of benzene rings is 4. The van der Waals surface area contributed by atoms with Crippen molar-refractivity contribution in [3.63, 3.8) is 0 Å².